The van der Waals surface area contributed by atoms with E-state index in [1.807, 2.05) is 24.3 Å². The van der Waals surface area contributed by atoms with Gasteiger partial charge in [0.2, 0.25) is 0 Å². The first kappa shape index (κ1) is 13.3. The van der Waals surface area contributed by atoms with Gasteiger partial charge >= 0.3 is 0 Å². The van der Waals surface area contributed by atoms with Crippen molar-refractivity contribution in [2.75, 3.05) is 5.88 Å². The van der Waals surface area contributed by atoms with E-state index in [4.69, 9.17) is 23.2 Å². The molecule has 0 N–H and O–H groups in total. The van der Waals surface area contributed by atoms with E-state index < -0.39 is 0 Å². The average molecular weight is 307 g/mol. The van der Waals surface area contributed by atoms with E-state index in [0.717, 1.165) is 22.6 Å². The molecule has 102 valence electrons. The maximum Gasteiger partial charge on any atom is 0.115 e. The van der Waals surface area contributed by atoms with Crippen molar-refractivity contribution >= 4 is 34.2 Å². The first-order valence-corrected chi connectivity index (χ1v) is 7.14. The summed E-state index contributed by atoms with van der Waals surface area (Å²) in [4.78, 5) is 12.8. The van der Waals surface area contributed by atoms with Crippen LogP contribution in [0.4, 0.5) is 0 Å². The van der Waals surface area contributed by atoms with Gasteiger partial charge in [-0.15, -0.1) is 11.6 Å². The smallest absolute Gasteiger partial charge is 0.115 e. The van der Waals surface area contributed by atoms with E-state index >= 15 is 0 Å². The van der Waals surface area contributed by atoms with Crippen molar-refractivity contribution in [2.45, 2.75) is 13.0 Å². The number of hydrogen-bond acceptors (Lipinski definition) is 3. The van der Waals surface area contributed by atoms with Crippen LogP contribution in [0.15, 0.2) is 36.8 Å². The van der Waals surface area contributed by atoms with Crippen LogP contribution >= 0.6 is 23.2 Å². The zero-order chi connectivity index (χ0) is 13.9. The molecule has 0 atom stereocenters. The minimum Gasteiger partial charge on any atom is -0.322 e. The van der Waals surface area contributed by atoms with Crippen molar-refractivity contribution in [2.24, 2.45) is 0 Å². The van der Waals surface area contributed by atoms with E-state index in [0.29, 0.717) is 23.9 Å². The Morgan fingerprint density at radius 2 is 2.10 bits per heavy atom. The number of hydrogen-bond donors (Lipinski definition) is 0. The van der Waals surface area contributed by atoms with Crippen LogP contribution < -0.4 is 0 Å². The van der Waals surface area contributed by atoms with Gasteiger partial charge in [0, 0.05) is 23.5 Å². The molecule has 0 bridgehead atoms. The molecule has 1 aromatic carbocycles. The molecule has 0 saturated heterocycles. The third-order valence-corrected chi connectivity index (χ3v) is 3.49. The van der Waals surface area contributed by atoms with Gasteiger partial charge in [0.1, 0.15) is 12.2 Å². The van der Waals surface area contributed by atoms with Gasteiger partial charge in [-0.05, 0) is 24.3 Å². The van der Waals surface area contributed by atoms with Crippen LogP contribution in [0.3, 0.4) is 0 Å². The molecule has 2 heterocycles. The Kier molecular flexibility index (Phi) is 3.85. The molecule has 3 aromatic rings. The predicted octanol–water partition coefficient (Wildman–Crippen LogP) is 3.31. The summed E-state index contributed by atoms with van der Waals surface area (Å²) in [6, 6.07) is 7.58. The summed E-state index contributed by atoms with van der Waals surface area (Å²) in [5.74, 6) is 1.47. The van der Waals surface area contributed by atoms with Gasteiger partial charge in [-0.25, -0.2) is 15.0 Å². The Balaban J connectivity index is 2.10. The van der Waals surface area contributed by atoms with Crippen molar-refractivity contribution in [3.63, 3.8) is 0 Å². The Morgan fingerprint density at radius 1 is 1.20 bits per heavy atom. The molecule has 20 heavy (non-hydrogen) atoms. The number of halogens is 2. The van der Waals surface area contributed by atoms with Crippen LogP contribution in [0.1, 0.15) is 11.5 Å². The summed E-state index contributed by atoms with van der Waals surface area (Å²) in [6.07, 6.45) is 3.98. The molecule has 0 aliphatic heterocycles. The molecular weight excluding hydrogens is 295 g/mol. The van der Waals surface area contributed by atoms with Gasteiger partial charge < -0.3 is 4.57 Å². The first-order chi connectivity index (χ1) is 9.78. The van der Waals surface area contributed by atoms with Gasteiger partial charge in [-0.1, -0.05) is 11.6 Å². The highest BCUT2D eigenvalue weighted by Gasteiger charge is 2.11. The molecule has 0 aliphatic carbocycles. The number of aromatic nitrogens is 4. The zero-order valence-electron chi connectivity index (χ0n) is 10.6. The van der Waals surface area contributed by atoms with Crippen LogP contribution in [0.5, 0.6) is 0 Å². The monoisotopic (exact) mass is 306 g/mol. The number of benzene rings is 1. The summed E-state index contributed by atoms with van der Waals surface area (Å²) >= 11 is 12.0. The van der Waals surface area contributed by atoms with Crippen LogP contribution in [0.2, 0.25) is 5.02 Å². The van der Waals surface area contributed by atoms with Gasteiger partial charge in [-0.3, -0.25) is 0 Å². The van der Waals surface area contributed by atoms with Gasteiger partial charge in [0.05, 0.1) is 23.3 Å². The zero-order valence-corrected chi connectivity index (χ0v) is 12.1. The molecule has 0 amide bonds. The number of aryl methyl sites for hydroxylation is 1. The normalized spacial score (nSPS) is 11.1. The van der Waals surface area contributed by atoms with Crippen LogP contribution in [0, 0.1) is 0 Å². The molecule has 0 radical (unpaired) electrons. The molecule has 0 unspecified atom stereocenters. The Bertz CT molecular complexity index is 725. The molecule has 2 aromatic heterocycles. The average Bonchev–Trinajstić information content (AvgIpc) is 2.78. The van der Waals surface area contributed by atoms with Gasteiger partial charge in [-0.2, -0.15) is 0 Å². The minimum absolute atomic E-state index is 0.529. The SMILES string of the molecule is ClCCc1nc2ccc(Cl)cc2n1Cc1ccncn1. The van der Waals surface area contributed by atoms with Crippen LogP contribution in [-0.4, -0.2) is 25.4 Å². The third kappa shape index (κ3) is 2.62. The third-order valence-electron chi connectivity index (χ3n) is 3.07. The van der Waals surface area contributed by atoms with Crippen LogP contribution in [-0.2, 0) is 13.0 Å². The van der Waals surface area contributed by atoms with E-state index in [1.165, 1.54) is 0 Å². The van der Waals surface area contributed by atoms with E-state index in [-0.39, 0.29) is 0 Å². The Labute approximate surface area is 126 Å². The maximum absolute atomic E-state index is 6.09. The number of alkyl halides is 1. The summed E-state index contributed by atoms with van der Waals surface area (Å²) in [6.45, 7) is 0.631. The van der Waals surface area contributed by atoms with Crippen molar-refractivity contribution in [3.05, 3.63) is 53.3 Å². The lowest BCUT2D eigenvalue weighted by Gasteiger charge is -2.08. The molecule has 0 aliphatic rings. The standard InChI is InChI=1S/C14H12Cl2N4/c15-5-3-14-19-12-2-1-10(16)7-13(12)20(14)8-11-4-6-17-9-18-11/h1-2,4,6-7,9H,3,5,8H2. The number of rotatable bonds is 4. The summed E-state index contributed by atoms with van der Waals surface area (Å²) in [7, 11) is 0. The lowest BCUT2D eigenvalue weighted by atomic mass is 10.3. The Hall–Kier alpha value is -1.65. The molecule has 6 heteroatoms. The second kappa shape index (κ2) is 5.77. The topological polar surface area (TPSA) is 43.6 Å². The summed E-state index contributed by atoms with van der Waals surface area (Å²) in [5, 5.41) is 0.693. The van der Waals surface area contributed by atoms with Gasteiger partial charge in [0.15, 0.2) is 0 Å². The summed E-state index contributed by atoms with van der Waals surface area (Å²) in [5.41, 5.74) is 2.84. The largest absolute Gasteiger partial charge is 0.322 e. The highest BCUT2D eigenvalue weighted by atomic mass is 35.5. The molecular formula is C14H12Cl2N4. The van der Waals surface area contributed by atoms with E-state index in [9.17, 15) is 0 Å². The quantitative estimate of drug-likeness (QED) is 0.695. The maximum atomic E-state index is 6.09. The highest BCUT2D eigenvalue weighted by molar-refractivity contribution is 6.31. The highest BCUT2D eigenvalue weighted by Crippen LogP contribution is 2.22. The van der Waals surface area contributed by atoms with Crippen molar-refractivity contribution in [1.82, 2.24) is 19.5 Å². The number of imidazole rings is 1. The minimum atomic E-state index is 0.529. The molecule has 0 spiro atoms. The second-order valence-corrected chi connectivity index (χ2v) is 5.20. The predicted molar refractivity (Wildman–Crippen MR) is 80.3 cm³/mol. The fraction of sp³-hybridized carbons (Fsp3) is 0.214. The van der Waals surface area contributed by atoms with Crippen molar-refractivity contribution in [1.29, 1.82) is 0 Å². The molecule has 4 nitrogen and oxygen atoms in total. The molecule has 0 saturated carbocycles. The fourth-order valence-corrected chi connectivity index (χ4v) is 2.51. The molecule has 3 rings (SSSR count). The van der Waals surface area contributed by atoms with E-state index in [2.05, 4.69) is 19.5 Å². The number of fused-ring (bicyclic) bond motifs is 1. The lowest BCUT2D eigenvalue weighted by molar-refractivity contribution is 0.735. The van der Waals surface area contributed by atoms with Crippen molar-refractivity contribution < 1.29 is 0 Å². The summed E-state index contributed by atoms with van der Waals surface area (Å²) < 4.78 is 2.10. The lowest BCUT2D eigenvalue weighted by Crippen LogP contribution is -2.07. The Morgan fingerprint density at radius 3 is 2.85 bits per heavy atom. The second-order valence-electron chi connectivity index (χ2n) is 4.39. The van der Waals surface area contributed by atoms with E-state index in [1.54, 1.807) is 12.5 Å². The fourth-order valence-electron chi connectivity index (χ4n) is 2.17. The first-order valence-electron chi connectivity index (χ1n) is 6.23. The van der Waals surface area contributed by atoms with Gasteiger partial charge in [0.25, 0.3) is 0 Å². The van der Waals surface area contributed by atoms with Crippen molar-refractivity contribution in [3.8, 4) is 0 Å². The molecule has 0 fully saturated rings. The number of nitrogens with zero attached hydrogens (tertiary/aromatic N) is 4. The van der Waals surface area contributed by atoms with Crippen LogP contribution in [0.25, 0.3) is 11.0 Å².